The molecule has 0 aromatic heterocycles. The molecule has 0 spiro atoms. The van der Waals surface area contributed by atoms with Crippen LogP contribution in [-0.4, -0.2) is 75.6 Å². The van der Waals surface area contributed by atoms with Crippen molar-refractivity contribution in [3.63, 3.8) is 0 Å². The highest BCUT2D eigenvalue weighted by atomic mass is 31.2. The predicted octanol–water partition coefficient (Wildman–Crippen LogP) is 11.2. The van der Waals surface area contributed by atoms with E-state index in [4.69, 9.17) is 28.0 Å². The van der Waals surface area contributed by atoms with Gasteiger partial charge in [-0.05, 0) is 24.0 Å². The SMILES string of the molecule is CCCCCCCCCCCCCC(=O)OC[C@H](COP(=O)([O-])OCC(COC(=O)CCNCc1ccccc1)OC(=O)CCNCc1ccccc1)OC(=O)CCCCCCCCCCCCC. The highest BCUT2D eigenvalue weighted by Crippen LogP contribution is 2.39. The third-order valence-corrected chi connectivity index (χ3v) is 12.5. The van der Waals surface area contributed by atoms with Crippen molar-refractivity contribution in [2.24, 2.45) is 0 Å². The lowest BCUT2D eigenvalue weighted by Gasteiger charge is -2.27. The first-order valence-corrected chi connectivity index (χ1v) is 27.9. The Labute approximate surface area is 415 Å². The molecule has 0 saturated carbocycles. The van der Waals surface area contributed by atoms with Crippen LogP contribution in [0.25, 0.3) is 0 Å². The molecule has 0 aliphatic rings. The van der Waals surface area contributed by atoms with E-state index in [-0.39, 0.29) is 32.2 Å². The smallest absolute Gasteiger partial charge is 0.307 e. The normalized spacial score (nSPS) is 13.0. The average Bonchev–Trinajstić information content (AvgIpc) is 3.35. The van der Waals surface area contributed by atoms with E-state index < -0.39 is 70.3 Å². The minimum Gasteiger partial charge on any atom is -0.756 e. The van der Waals surface area contributed by atoms with Gasteiger partial charge in [-0.1, -0.05) is 203 Å². The monoisotopic (exact) mass is 988 g/mol. The second kappa shape index (κ2) is 42.1. The van der Waals surface area contributed by atoms with Gasteiger partial charge in [-0.3, -0.25) is 23.7 Å². The number of hydrogen-bond acceptors (Lipinski definition) is 14. The lowest BCUT2D eigenvalue weighted by molar-refractivity contribution is -0.231. The van der Waals surface area contributed by atoms with Gasteiger partial charge in [0.25, 0.3) is 7.82 Å². The number of phosphoric ester groups is 1. The Hall–Kier alpha value is -3.65. The maximum atomic E-state index is 13.1. The summed E-state index contributed by atoms with van der Waals surface area (Å²) in [4.78, 5) is 64.2. The topological polar surface area (TPSA) is 188 Å². The zero-order valence-electron chi connectivity index (χ0n) is 42.3. The van der Waals surface area contributed by atoms with Crippen LogP contribution in [0.15, 0.2) is 60.7 Å². The molecule has 0 saturated heterocycles. The Morgan fingerprint density at radius 3 is 1.16 bits per heavy atom. The molecule has 2 aromatic carbocycles. The fraction of sp³-hybridized carbons (Fsp3) is 0.704. The Balaban J connectivity index is 1.91. The minimum absolute atomic E-state index is 0.0180. The zero-order valence-corrected chi connectivity index (χ0v) is 43.2. The molecule has 3 atom stereocenters. The van der Waals surface area contributed by atoms with Crippen LogP contribution in [0.1, 0.15) is 192 Å². The standard InChI is InChI=1S/C54H89N2O12P/c1-3-5-7-9-11-13-15-17-19-21-29-35-51(57)63-43-49(67-53(59)36-30-22-20-18-16-14-12-10-8-6-4-2)45-65-69(61,62)66-46-50(68-54(60)38-40-56-42-48-33-27-24-28-34-48)44-64-52(58)37-39-55-41-47-31-25-23-26-32-47/h23-28,31-34,49-50,55-56H,3-22,29-30,35-46H2,1-2H3,(H,61,62)/p-1/t49-,50?/m1/s1. The largest absolute Gasteiger partial charge is 0.756 e. The fourth-order valence-corrected chi connectivity index (χ4v) is 8.30. The van der Waals surface area contributed by atoms with Crippen molar-refractivity contribution in [1.82, 2.24) is 10.6 Å². The summed E-state index contributed by atoms with van der Waals surface area (Å²) in [7, 11) is -5.12. The number of nitrogens with one attached hydrogen (secondary N) is 2. The first kappa shape index (κ1) is 61.5. The number of rotatable bonds is 46. The molecule has 2 aromatic rings. The summed E-state index contributed by atoms with van der Waals surface area (Å²) in [6.07, 6.45) is 22.7. The fourth-order valence-electron chi connectivity index (χ4n) is 7.53. The Bertz CT molecular complexity index is 1640. The molecule has 0 radical (unpaired) electrons. The van der Waals surface area contributed by atoms with Crippen molar-refractivity contribution in [3.05, 3.63) is 71.8 Å². The molecule has 15 heteroatoms. The third-order valence-electron chi connectivity index (χ3n) is 11.6. The second-order valence-electron chi connectivity index (χ2n) is 18.0. The van der Waals surface area contributed by atoms with Gasteiger partial charge in [0.15, 0.2) is 12.2 Å². The number of hydrogen-bond donors (Lipinski definition) is 2. The molecular weight excluding hydrogens is 900 g/mol. The maximum absolute atomic E-state index is 13.1. The number of carbonyl (C=O) groups is 4. The van der Waals surface area contributed by atoms with Crippen LogP contribution in [0.5, 0.6) is 0 Å². The lowest BCUT2D eigenvalue weighted by atomic mass is 10.1. The van der Waals surface area contributed by atoms with Gasteiger partial charge in [0.1, 0.15) is 13.2 Å². The average molecular weight is 988 g/mol. The quantitative estimate of drug-likeness (QED) is 0.0276. The molecule has 69 heavy (non-hydrogen) atoms. The highest BCUT2D eigenvalue weighted by Gasteiger charge is 2.24. The minimum atomic E-state index is -5.12. The van der Waals surface area contributed by atoms with Crippen LogP contribution in [0.2, 0.25) is 0 Å². The Kier molecular flexibility index (Phi) is 37.5. The van der Waals surface area contributed by atoms with Crippen LogP contribution in [0, 0.1) is 0 Å². The van der Waals surface area contributed by atoms with Crippen LogP contribution in [-0.2, 0) is 64.8 Å². The number of ether oxygens (including phenoxy) is 4. The molecule has 0 fully saturated rings. The van der Waals surface area contributed by atoms with Gasteiger partial charge in [0.2, 0.25) is 0 Å². The van der Waals surface area contributed by atoms with Gasteiger partial charge in [-0.25, -0.2) is 0 Å². The molecule has 14 nitrogen and oxygen atoms in total. The molecule has 0 aliphatic heterocycles. The van der Waals surface area contributed by atoms with Gasteiger partial charge < -0.3 is 43.5 Å². The van der Waals surface area contributed by atoms with E-state index in [1.54, 1.807) is 0 Å². The van der Waals surface area contributed by atoms with E-state index >= 15 is 0 Å². The van der Waals surface area contributed by atoms with Gasteiger partial charge in [-0.15, -0.1) is 0 Å². The number of carbonyl (C=O) groups excluding carboxylic acids is 4. The van der Waals surface area contributed by atoms with Crippen LogP contribution in [0.3, 0.4) is 0 Å². The van der Waals surface area contributed by atoms with Crippen molar-refractivity contribution < 1.29 is 56.6 Å². The summed E-state index contributed by atoms with van der Waals surface area (Å²) in [6.45, 7) is 3.89. The molecule has 0 amide bonds. The molecule has 2 N–H and O–H groups in total. The van der Waals surface area contributed by atoms with E-state index in [0.717, 1.165) is 49.7 Å². The van der Waals surface area contributed by atoms with E-state index in [1.807, 2.05) is 60.7 Å². The number of esters is 4. The lowest BCUT2D eigenvalue weighted by Crippen LogP contribution is -2.33. The van der Waals surface area contributed by atoms with Crippen LogP contribution in [0.4, 0.5) is 0 Å². The molecule has 392 valence electrons. The summed E-state index contributed by atoms with van der Waals surface area (Å²) < 4.78 is 45.3. The molecule has 2 rings (SSSR count). The van der Waals surface area contributed by atoms with E-state index in [1.165, 1.54) is 89.9 Å². The molecule has 2 unspecified atom stereocenters. The van der Waals surface area contributed by atoms with Crippen molar-refractivity contribution in [2.75, 3.05) is 39.5 Å². The van der Waals surface area contributed by atoms with Gasteiger partial charge >= 0.3 is 23.9 Å². The first-order chi connectivity index (χ1) is 33.6. The van der Waals surface area contributed by atoms with Gasteiger partial charge in [-0.2, -0.15) is 0 Å². The predicted molar refractivity (Wildman–Crippen MR) is 269 cm³/mol. The number of phosphoric acid groups is 1. The van der Waals surface area contributed by atoms with Crippen LogP contribution < -0.4 is 15.5 Å². The third kappa shape index (κ3) is 36.9. The molecule has 0 bridgehead atoms. The zero-order chi connectivity index (χ0) is 49.9. The second-order valence-corrected chi connectivity index (χ2v) is 19.4. The van der Waals surface area contributed by atoms with Gasteiger partial charge in [0, 0.05) is 39.0 Å². The van der Waals surface area contributed by atoms with Crippen LogP contribution >= 0.6 is 7.82 Å². The summed E-state index contributed by atoms with van der Waals surface area (Å²) in [5, 5.41) is 6.33. The van der Waals surface area contributed by atoms with E-state index in [9.17, 15) is 28.6 Å². The summed E-state index contributed by atoms with van der Waals surface area (Å²) in [5.74, 6) is -2.27. The molecular formula is C54H88N2O12P-. The van der Waals surface area contributed by atoms with Gasteiger partial charge in [0.05, 0.1) is 26.1 Å². The van der Waals surface area contributed by atoms with Crippen molar-refractivity contribution in [1.29, 1.82) is 0 Å². The Morgan fingerprint density at radius 2 is 0.768 bits per heavy atom. The highest BCUT2D eigenvalue weighted by molar-refractivity contribution is 7.45. The van der Waals surface area contributed by atoms with E-state index in [2.05, 4.69) is 24.5 Å². The summed E-state index contributed by atoms with van der Waals surface area (Å²) in [5.41, 5.74) is 2.09. The number of benzene rings is 2. The van der Waals surface area contributed by atoms with Crippen molar-refractivity contribution >= 4 is 31.7 Å². The number of unbranched alkanes of at least 4 members (excludes halogenated alkanes) is 20. The Morgan fingerprint density at radius 1 is 0.449 bits per heavy atom. The maximum Gasteiger partial charge on any atom is 0.307 e. The summed E-state index contributed by atoms with van der Waals surface area (Å²) in [6, 6.07) is 19.3. The molecule has 0 heterocycles. The first-order valence-electron chi connectivity index (χ1n) is 26.4. The summed E-state index contributed by atoms with van der Waals surface area (Å²) >= 11 is 0. The van der Waals surface area contributed by atoms with Crippen molar-refractivity contribution in [3.8, 4) is 0 Å². The van der Waals surface area contributed by atoms with Crippen molar-refractivity contribution in [2.45, 2.75) is 206 Å². The van der Waals surface area contributed by atoms with E-state index in [0.29, 0.717) is 32.5 Å². The molecule has 0 aliphatic carbocycles.